The minimum atomic E-state index is -0.0185. The Morgan fingerprint density at radius 1 is 1.23 bits per heavy atom. The van der Waals surface area contributed by atoms with E-state index in [1.54, 1.807) is 20.3 Å². The Bertz CT molecular complexity index is 543. The van der Waals surface area contributed by atoms with Gasteiger partial charge in [0, 0.05) is 49.1 Å². The van der Waals surface area contributed by atoms with E-state index in [1.165, 1.54) is 0 Å². The fourth-order valence-corrected chi connectivity index (χ4v) is 2.59. The van der Waals surface area contributed by atoms with Crippen molar-refractivity contribution in [1.82, 2.24) is 5.32 Å². The Labute approximate surface area is 131 Å². The van der Waals surface area contributed by atoms with Crippen molar-refractivity contribution < 1.29 is 14.3 Å². The number of anilines is 1. The Kier molecular flexibility index (Phi) is 5.31. The van der Waals surface area contributed by atoms with Gasteiger partial charge in [0.15, 0.2) is 0 Å². The molecule has 120 valence electrons. The second kappa shape index (κ2) is 7.20. The summed E-state index contributed by atoms with van der Waals surface area (Å²) in [6, 6.07) is 6.00. The number of hydrogen-bond donors (Lipinski definition) is 1. The summed E-state index contributed by atoms with van der Waals surface area (Å²) in [6.45, 7) is 5.53. The van der Waals surface area contributed by atoms with Crippen LogP contribution in [0.3, 0.4) is 0 Å². The number of rotatable bonds is 5. The molecule has 0 bridgehead atoms. The Hall–Kier alpha value is -2.17. The van der Waals surface area contributed by atoms with Gasteiger partial charge in [-0.3, -0.25) is 4.79 Å². The highest BCUT2D eigenvalue weighted by molar-refractivity contribution is 5.88. The van der Waals surface area contributed by atoms with Crippen LogP contribution < -0.4 is 19.7 Å². The fourth-order valence-electron chi connectivity index (χ4n) is 2.59. The molecule has 1 aromatic rings. The van der Waals surface area contributed by atoms with Crippen molar-refractivity contribution in [1.29, 1.82) is 0 Å². The smallest absolute Gasteiger partial charge is 0.244 e. The molecule has 0 radical (unpaired) electrons. The largest absolute Gasteiger partial charge is 0.497 e. The van der Waals surface area contributed by atoms with Gasteiger partial charge >= 0.3 is 0 Å². The first kappa shape index (κ1) is 16.2. The SMILES string of the molecule is COc1cc(OC)cc(N2CC[C@@H](NC(=O)C=C(C)C)C2)c1. The van der Waals surface area contributed by atoms with Gasteiger partial charge in [0.05, 0.1) is 14.2 Å². The molecule has 1 amide bonds. The van der Waals surface area contributed by atoms with Crippen molar-refractivity contribution >= 4 is 11.6 Å². The topological polar surface area (TPSA) is 50.8 Å². The highest BCUT2D eigenvalue weighted by Crippen LogP contribution is 2.30. The van der Waals surface area contributed by atoms with E-state index in [1.807, 2.05) is 32.0 Å². The molecular formula is C17H24N2O3. The summed E-state index contributed by atoms with van der Waals surface area (Å²) in [6.07, 6.45) is 2.57. The molecule has 2 rings (SSSR count). The average Bonchev–Trinajstić information content (AvgIpc) is 2.94. The third-order valence-corrected chi connectivity index (χ3v) is 3.66. The van der Waals surface area contributed by atoms with E-state index in [-0.39, 0.29) is 11.9 Å². The normalized spacial score (nSPS) is 17.1. The van der Waals surface area contributed by atoms with Crippen molar-refractivity contribution in [2.45, 2.75) is 26.3 Å². The number of amides is 1. The second-order valence-corrected chi connectivity index (χ2v) is 5.73. The molecule has 1 aliphatic rings. The first-order valence-corrected chi connectivity index (χ1v) is 7.45. The molecule has 1 fully saturated rings. The highest BCUT2D eigenvalue weighted by atomic mass is 16.5. The number of carbonyl (C=O) groups excluding carboxylic acids is 1. The summed E-state index contributed by atoms with van der Waals surface area (Å²) in [5.41, 5.74) is 2.06. The molecule has 0 saturated carbocycles. The Balaban J connectivity index is 2.04. The van der Waals surface area contributed by atoms with E-state index in [0.29, 0.717) is 0 Å². The molecule has 1 saturated heterocycles. The average molecular weight is 304 g/mol. The number of carbonyl (C=O) groups is 1. The lowest BCUT2D eigenvalue weighted by Gasteiger charge is -2.20. The molecule has 1 heterocycles. The van der Waals surface area contributed by atoms with Crippen LogP contribution in [0.5, 0.6) is 11.5 Å². The summed E-state index contributed by atoms with van der Waals surface area (Å²) in [5, 5.41) is 3.05. The third kappa shape index (κ3) is 4.16. The van der Waals surface area contributed by atoms with Gasteiger partial charge in [0.2, 0.25) is 5.91 Å². The van der Waals surface area contributed by atoms with Gasteiger partial charge in [-0.2, -0.15) is 0 Å². The standard InChI is InChI=1S/C17H24N2O3/c1-12(2)7-17(20)18-13-5-6-19(11-13)14-8-15(21-3)10-16(9-14)22-4/h7-10,13H,5-6,11H2,1-4H3,(H,18,20)/t13-/m1/s1. The predicted octanol–water partition coefficient (Wildman–Crippen LogP) is 2.36. The van der Waals surface area contributed by atoms with Crippen molar-refractivity contribution in [2.75, 3.05) is 32.2 Å². The molecule has 5 nitrogen and oxygen atoms in total. The maximum Gasteiger partial charge on any atom is 0.244 e. The van der Waals surface area contributed by atoms with Gasteiger partial charge < -0.3 is 19.7 Å². The predicted molar refractivity (Wildman–Crippen MR) is 87.7 cm³/mol. The van der Waals surface area contributed by atoms with Crippen LogP contribution in [-0.4, -0.2) is 39.3 Å². The van der Waals surface area contributed by atoms with Crippen LogP contribution >= 0.6 is 0 Å². The number of methoxy groups -OCH3 is 2. The van der Waals surface area contributed by atoms with E-state index in [2.05, 4.69) is 10.2 Å². The highest BCUT2D eigenvalue weighted by Gasteiger charge is 2.24. The number of allylic oxidation sites excluding steroid dienone is 1. The summed E-state index contributed by atoms with van der Waals surface area (Å²) in [4.78, 5) is 14.0. The number of benzene rings is 1. The molecule has 22 heavy (non-hydrogen) atoms. The molecule has 0 unspecified atom stereocenters. The molecule has 0 aliphatic carbocycles. The number of hydrogen-bond acceptors (Lipinski definition) is 4. The van der Waals surface area contributed by atoms with E-state index in [4.69, 9.17) is 9.47 Å². The molecule has 1 atom stereocenters. The quantitative estimate of drug-likeness (QED) is 0.849. The Morgan fingerprint density at radius 2 is 1.86 bits per heavy atom. The van der Waals surface area contributed by atoms with E-state index < -0.39 is 0 Å². The fraction of sp³-hybridized carbons (Fsp3) is 0.471. The molecule has 1 aliphatic heterocycles. The minimum absolute atomic E-state index is 0.0185. The monoisotopic (exact) mass is 304 g/mol. The number of ether oxygens (including phenoxy) is 2. The maximum atomic E-state index is 11.8. The van der Waals surface area contributed by atoms with Crippen LogP contribution in [0.4, 0.5) is 5.69 Å². The van der Waals surface area contributed by atoms with Crippen LogP contribution in [0.25, 0.3) is 0 Å². The summed E-state index contributed by atoms with van der Waals surface area (Å²) >= 11 is 0. The van der Waals surface area contributed by atoms with E-state index >= 15 is 0 Å². The van der Waals surface area contributed by atoms with Crippen LogP contribution in [0.1, 0.15) is 20.3 Å². The zero-order valence-electron chi connectivity index (χ0n) is 13.7. The van der Waals surface area contributed by atoms with Crippen LogP contribution in [0, 0.1) is 0 Å². The van der Waals surface area contributed by atoms with Crippen LogP contribution in [-0.2, 0) is 4.79 Å². The molecule has 1 N–H and O–H groups in total. The van der Waals surface area contributed by atoms with E-state index in [9.17, 15) is 4.79 Å². The third-order valence-electron chi connectivity index (χ3n) is 3.66. The van der Waals surface area contributed by atoms with Crippen LogP contribution in [0.15, 0.2) is 29.8 Å². The van der Waals surface area contributed by atoms with Gasteiger partial charge in [-0.25, -0.2) is 0 Å². The molecule has 5 heteroatoms. The van der Waals surface area contributed by atoms with Gasteiger partial charge in [0.1, 0.15) is 11.5 Å². The van der Waals surface area contributed by atoms with Gasteiger partial charge in [-0.1, -0.05) is 5.57 Å². The minimum Gasteiger partial charge on any atom is -0.497 e. The lowest BCUT2D eigenvalue weighted by atomic mass is 10.2. The van der Waals surface area contributed by atoms with Crippen molar-refractivity contribution in [3.63, 3.8) is 0 Å². The van der Waals surface area contributed by atoms with E-state index in [0.717, 1.165) is 42.3 Å². The van der Waals surface area contributed by atoms with Crippen LogP contribution in [0.2, 0.25) is 0 Å². The van der Waals surface area contributed by atoms with Gasteiger partial charge in [-0.05, 0) is 20.3 Å². The Morgan fingerprint density at radius 3 is 2.41 bits per heavy atom. The number of nitrogens with one attached hydrogen (secondary N) is 1. The summed E-state index contributed by atoms with van der Waals surface area (Å²) in [5.74, 6) is 1.52. The summed E-state index contributed by atoms with van der Waals surface area (Å²) in [7, 11) is 3.29. The lowest BCUT2D eigenvalue weighted by Crippen LogP contribution is -2.36. The van der Waals surface area contributed by atoms with Crippen molar-refractivity contribution in [2.24, 2.45) is 0 Å². The number of nitrogens with zero attached hydrogens (tertiary/aromatic N) is 1. The zero-order chi connectivity index (χ0) is 16.1. The molecular weight excluding hydrogens is 280 g/mol. The second-order valence-electron chi connectivity index (χ2n) is 5.73. The zero-order valence-corrected chi connectivity index (χ0v) is 13.7. The molecule has 1 aromatic carbocycles. The van der Waals surface area contributed by atoms with Gasteiger partial charge in [0.25, 0.3) is 0 Å². The van der Waals surface area contributed by atoms with Crippen molar-refractivity contribution in [3.05, 3.63) is 29.8 Å². The first-order valence-electron chi connectivity index (χ1n) is 7.45. The molecule has 0 spiro atoms. The molecule has 0 aromatic heterocycles. The first-order chi connectivity index (χ1) is 10.5. The summed E-state index contributed by atoms with van der Waals surface area (Å²) < 4.78 is 10.6. The lowest BCUT2D eigenvalue weighted by molar-refractivity contribution is -0.117. The van der Waals surface area contributed by atoms with Gasteiger partial charge in [-0.15, -0.1) is 0 Å². The van der Waals surface area contributed by atoms with Crippen molar-refractivity contribution in [3.8, 4) is 11.5 Å². The maximum absolute atomic E-state index is 11.8.